The summed E-state index contributed by atoms with van der Waals surface area (Å²) >= 11 is 1.63. The summed E-state index contributed by atoms with van der Waals surface area (Å²) in [6.07, 6.45) is 0. The summed E-state index contributed by atoms with van der Waals surface area (Å²) in [6, 6.07) is 7.19. The van der Waals surface area contributed by atoms with Crippen LogP contribution in [0.25, 0.3) is 0 Å². The number of benzene rings is 1. The van der Waals surface area contributed by atoms with Crippen molar-refractivity contribution in [2.45, 2.75) is 11.8 Å². The minimum absolute atomic E-state index is 0.310. The third-order valence-corrected chi connectivity index (χ3v) is 2.18. The molecule has 0 bridgehead atoms. The molecule has 0 saturated carbocycles. The Morgan fingerprint density at radius 2 is 2.33 bits per heavy atom. The van der Waals surface area contributed by atoms with E-state index in [-0.39, 0.29) is 0 Å². The Balaban J connectivity index is 2.55. The predicted octanol–water partition coefficient (Wildman–Crippen LogP) is 2.51. The highest BCUT2D eigenvalue weighted by molar-refractivity contribution is 7.99. The minimum Gasteiger partial charge on any atom is -0.508 e. The highest BCUT2D eigenvalue weighted by Gasteiger charge is 1.92. The van der Waals surface area contributed by atoms with E-state index in [2.05, 4.69) is 11.8 Å². The summed E-state index contributed by atoms with van der Waals surface area (Å²) in [7, 11) is 0. The van der Waals surface area contributed by atoms with Gasteiger partial charge in [0.2, 0.25) is 0 Å². The summed E-state index contributed by atoms with van der Waals surface area (Å²) in [5.74, 6) is 6.85. The van der Waals surface area contributed by atoms with E-state index < -0.39 is 0 Å². The van der Waals surface area contributed by atoms with E-state index in [9.17, 15) is 0 Å². The van der Waals surface area contributed by atoms with Crippen LogP contribution in [0.3, 0.4) is 0 Å². The van der Waals surface area contributed by atoms with Gasteiger partial charge in [-0.3, -0.25) is 0 Å². The highest BCUT2D eigenvalue weighted by atomic mass is 32.2. The van der Waals surface area contributed by atoms with Crippen LogP contribution in [0.1, 0.15) is 6.92 Å². The van der Waals surface area contributed by atoms with Crippen molar-refractivity contribution >= 4 is 11.8 Å². The predicted molar refractivity (Wildman–Crippen MR) is 52.3 cm³/mol. The zero-order chi connectivity index (χ0) is 8.81. The second kappa shape index (κ2) is 4.74. The molecular formula is C10H10OS. The molecule has 0 saturated heterocycles. The molecule has 0 radical (unpaired) electrons. The molecule has 1 rings (SSSR count). The Labute approximate surface area is 76.8 Å². The van der Waals surface area contributed by atoms with Crippen molar-refractivity contribution in [3.8, 4) is 17.6 Å². The fraction of sp³-hybridized carbons (Fsp3) is 0.200. The number of rotatable bonds is 2. The van der Waals surface area contributed by atoms with Crippen LogP contribution in [0.15, 0.2) is 29.2 Å². The van der Waals surface area contributed by atoms with Gasteiger partial charge in [0.05, 0.1) is 5.75 Å². The Morgan fingerprint density at radius 3 is 3.00 bits per heavy atom. The van der Waals surface area contributed by atoms with E-state index in [1.807, 2.05) is 19.1 Å². The number of phenols is 1. The average molecular weight is 178 g/mol. The van der Waals surface area contributed by atoms with Gasteiger partial charge in [0, 0.05) is 4.90 Å². The highest BCUT2D eigenvalue weighted by Crippen LogP contribution is 2.21. The quantitative estimate of drug-likeness (QED) is 0.554. The molecule has 12 heavy (non-hydrogen) atoms. The van der Waals surface area contributed by atoms with Gasteiger partial charge in [-0.15, -0.1) is 17.7 Å². The topological polar surface area (TPSA) is 20.2 Å². The number of aromatic hydroxyl groups is 1. The summed E-state index contributed by atoms with van der Waals surface area (Å²) in [4.78, 5) is 1.05. The molecule has 0 aromatic heterocycles. The van der Waals surface area contributed by atoms with Crippen LogP contribution in [0.5, 0.6) is 5.75 Å². The van der Waals surface area contributed by atoms with Crippen molar-refractivity contribution in [3.63, 3.8) is 0 Å². The lowest BCUT2D eigenvalue weighted by molar-refractivity contribution is 0.474. The van der Waals surface area contributed by atoms with Gasteiger partial charge in [-0.05, 0) is 25.1 Å². The Morgan fingerprint density at radius 1 is 1.50 bits per heavy atom. The van der Waals surface area contributed by atoms with Gasteiger partial charge in [-0.25, -0.2) is 0 Å². The molecule has 0 heterocycles. The van der Waals surface area contributed by atoms with Crippen LogP contribution in [-0.4, -0.2) is 10.9 Å². The number of hydrogen-bond donors (Lipinski definition) is 1. The van der Waals surface area contributed by atoms with Gasteiger partial charge in [0.1, 0.15) is 5.75 Å². The third-order valence-electron chi connectivity index (χ3n) is 1.31. The smallest absolute Gasteiger partial charge is 0.116 e. The maximum absolute atomic E-state index is 9.12. The summed E-state index contributed by atoms with van der Waals surface area (Å²) in [5.41, 5.74) is 0. The second-order valence-corrected chi connectivity index (χ2v) is 3.26. The van der Waals surface area contributed by atoms with Gasteiger partial charge in [0.15, 0.2) is 0 Å². The fourth-order valence-corrected chi connectivity index (χ4v) is 1.53. The van der Waals surface area contributed by atoms with Crippen molar-refractivity contribution in [3.05, 3.63) is 24.3 Å². The number of hydrogen-bond acceptors (Lipinski definition) is 2. The fourth-order valence-electron chi connectivity index (χ4n) is 0.765. The molecule has 0 amide bonds. The first-order valence-electron chi connectivity index (χ1n) is 3.64. The third kappa shape index (κ3) is 2.89. The second-order valence-electron chi connectivity index (χ2n) is 2.21. The number of phenolic OH excluding ortho intramolecular Hbond substituents is 1. The first-order chi connectivity index (χ1) is 5.83. The van der Waals surface area contributed by atoms with Crippen LogP contribution in [0, 0.1) is 11.8 Å². The Bertz CT molecular complexity index is 309. The van der Waals surface area contributed by atoms with Crippen LogP contribution in [-0.2, 0) is 0 Å². The van der Waals surface area contributed by atoms with Gasteiger partial charge < -0.3 is 5.11 Å². The van der Waals surface area contributed by atoms with E-state index in [0.29, 0.717) is 5.75 Å². The standard InChI is InChI=1S/C10H10OS/c1-2-3-7-12-10-6-4-5-9(11)8-10/h4-6,8,11H,7H2,1H3. The lowest BCUT2D eigenvalue weighted by Crippen LogP contribution is -1.73. The lowest BCUT2D eigenvalue weighted by atomic mass is 10.3. The molecule has 0 aliphatic carbocycles. The molecule has 1 nitrogen and oxygen atoms in total. The van der Waals surface area contributed by atoms with Gasteiger partial charge in [0.25, 0.3) is 0 Å². The van der Waals surface area contributed by atoms with Crippen molar-refractivity contribution in [2.75, 3.05) is 5.75 Å². The van der Waals surface area contributed by atoms with E-state index in [0.717, 1.165) is 10.6 Å². The Hall–Kier alpha value is -1.07. The molecule has 2 heteroatoms. The molecule has 0 spiro atoms. The van der Waals surface area contributed by atoms with Crippen LogP contribution < -0.4 is 0 Å². The summed E-state index contributed by atoms with van der Waals surface area (Å²) < 4.78 is 0. The van der Waals surface area contributed by atoms with E-state index in [4.69, 9.17) is 5.11 Å². The zero-order valence-corrected chi connectivity index (χ0v) is 7.69. The SMILES string of the molecule is CC#CCSc1cccc(O)c1. The van der Waals surface area contributed by atoms with Crippen molar-refractivity contribution in [1.82, 2.24) is 0 Å². The van der Waals surface area contributed by atoms with Crippen LogP contribution in [0.2, 0.25) is 0 Å². The molecule has 0 unspecified atom stereocenters. The first kappa shape index (κ1) is 9.02. The monoisotopic (exact) mass is 178 g/mol. The first-order valence-corrected chi connectivity index (χ1v) is 4.63. The Kier molecular flexibility index (Phi) is 3.56. The molecule has 0 atom stereocenters. The molecule has 1 aromatic rings. The molecular weight excluding hydrogens is 168 g/mol. The summed E-state index contributed by atoms with van der Waals surface area (Å²) in [5, 5.41) is 9.12. The van der Waals surface area contributed by atoms with Crippen molar-refractivity contribution in [2.24, 2.45) is 0 Å². The molecule has 1 N–H and O–H groups in total. The average Bonchev–Trinajstić information content (AvgIpc) is 2.05. The van der Waals surface area contributed by atoms with Crippen LogP contribution in [0.4, 0.5) is 0 Å². The maximum atomic E-state index is 9.12. The lowest BCUT2D eigenvalue weighted by Gasteiger charge is -1.96. The number of thioether (sulfide) groups is 1. The summed E-state index contributed by atoms with van der Waals surface area (Å²) in [6.45, 7) is 1.82. The molecule has 0 aliphatic heterocycles. The molecule has 0 fully saturated rings. The van der Waals surface area contributed by atoms with Crippen molar-refractivity contribution in [1.29, 1.82) is 0 Å². The zero-order valence-electron chi connectivity index (χ0n) is 6.87. The van der Waals surface area contributed by atoms with E-state index >= 15 is 0 Å². The van der Waals surface area contributed by atoms with Gasteiger partial charge in [-0.2, -0.15) is 0 Å². The normalized spacial score (nSPS) is 8.75. The minimum atomic E-state index is 0.310. The molecule has 0 aliphatic rings. The van der Waals surface area contributed by atoms with E-state index in [1.165, 1.54) is 0 Å². The molecule has 62 valence electrons. The van der Waals surface area contributed by atoms with Crippen LogP contribution >= 0.6 is 11.8 Å². The van der Waals surface area contributed by atoms with Gasteiger partial charge >= 0.3 is 0 Å². The molecule has 1 aromatic carbocycles. The maximum Gasteiger partial charge on any atom is 0.116 e. The largest absolute Gasteiger partial charge is 0.508 e. The van der Waals surface area contributed by atoms with E-state index in [1.54, 1.807) is 23.9 Å². The van der Waals surface area contributed by atoms with Gasteiger partial charge in [-0.1, -0.05) is 12.0 Å². The van der Waals surface area contributed by atoms with Crippen molar-refractivity contribution < 1.29 is 5.11 Å².